The van der Waals surface area contributed by atoms with Gasteiger partial charge < -0.3 is 10.1 Å². The van der Waals surface area contributed by atoms with Crippen molar-refractivity contribution in [3.63, 3.8) is 0 Å². The zero-order valence-electron chi connectivity index (χ0n) is 15.8. The Morgan fingerprint density at radius 2 is 1.33 bits per heavy atom. The molecule has 0 spiro atoms. The van der Waals surface area contributed by atoms with Gasteiger partial charge in [-0.05, 0) is 36.4 Å². The molecule has 0 atom stereocenters. The minimum atomic E-state index is -0.837. The summed E-state index contributed by atoms with van der Waals surface area (Å²) in [6.07, 6.45) is -0.837. The molecule has 148 valence electrons. The number of anilines is 1. The molecule has 1 N–H and O–H groups in total. The summed E-state index contributed by atoms with van der Waals surface area (Å²) in [6, 6.07) is 26.8. The van der Waals surface area contributed by atoms with Gasteiger partial charge in [0.1, 0.15) is 11.6 Å². The third-order valence-electron chi connectivity index (χ3n) is 4.30. The molecule has 0 saturated heterocycles. The van der Waals surface area contributed by atoms with Gasteiger partial charge in [0.15, 0.2) is 0 Å². The molecular weight excluding hydrogens is 382 g/mol. The van der Waals surface area contributed by atoms with Crippen molar-refractivity contribution < 1.29 is 14.3 Å². The second-order valence-corrected chi connectivity index (χ2v) is 6.33. The third kappa shape index (κ3) is 3.90. The van der Waals surface area contributed by atoms with Crippen molar-refractivity contribution in [2.24, 2.45) is 0 Å². The number of para-hydroxylation sites is 2. The van der Waals surface area contributed by atoms with Gasteiger partial charge in [-0.25, -0.2) is 9.48 Å². The van der Waals surface area contributed by atoms with Crippen molar-refractivity contribution in [3.8, 4) is 11.4 Å². The number of ether oxygens (including phenoxy) is 1. The fraction of sp³-hybridized carbons (Fsp3) is 0. The van der Waals surface area contributed by atoms with Crippen LogP contribution in [0.2, 0.25) is 0 Å². The van der Waals surface area contributed by atoms with Crippen LogP contribution in [0.15, 0.2) is 102 Å². The van der Waals surface area contributed by atoms with Crippen LogP contribution in [0.25, 0.3) is 5.69 Å². The fourth-order valence-electron chi connectivity index (χ4n) is 2.94. The van der Waals surface area contributed by atoms with E-state index in [1.807, 2.05) is 0 Å². The largest absolute Gasteiger partial charge is 0.440 e. The number of hydrogen-bond donors (Lipinski definition) is 1. The summed E-state index contributed by atoms with van der Waals surface area (Å²) in [5.41, 5.74) is 0.350. The van der Waals surface area contributed by atoms with Crippen LogP contribution in [0.5, 0.6) is 5.75 Å². The minimum absolute atomic E-state index is 0.00126. The number of amides is 1. The number of nitrogens with zero attached hydrogens (tertiary/aromatic N) is 2. The van der Waals surface area contributed by atoms with E-state index in [4.69, 9.17) is 4.74 Å². The molecule has 0 fully saturated rings. The highest BCUT2D eigenvalue weighted by atomic mass is 16.6. The summed E-state index contributed by atoms with van der Waals surface area (Å²) in [6.45, 7) is 0. The number of hydrogen-bond acceptors (Lipinski definition) is 4. The summed E-state index contributed by atoms with van der Waals surface area (Å²) in [5.74, 6) is -0.149. The molecule has 3 aromatic carbocycles. The fourth-order valence-corrected chi connectivity index (χ4v) is 2.94. The predicted molar refractivity (Wildman–Crippen MR) is 112 cm³/mol. The molecule has 0 aliphatic heterocycles. The highest BCUT2D eigenvalue weighted by Gasteiger charge is 2.22. The van der Waals surface area contributed by atoms with Gasteiger partial charge in [0.25, 0.3) is 11.5 Å². The van der Waals surface area contributed by atoms with Crippen LogP contribution in [0.4, 0.5) is 10.6 Å². The lowest BCUT2D eigenvalue weighted by Crippen LogP contribution is -2.30. The zero-order valence-corrected chi connectivity index (χ0v) is 15.8. The molecule has 1 aromatic heterocycles. The van der Waals surface area contributed by atoms with Crippen LogP contribution in [0.3, 0.4) is 0 Å². The summed E-state index contributed by atoms with van der Waals surface area (Å²) in [4.78, 5) is 38.3. The van der Waals surface area contributed by atoms with E-state index in [1.165, 1.54) is 6.07 Å². The summed E-state index contributed by atoms with van der Waals surface area (Å²) >= 11 is 0. The van der Waals surface area contributed by atoms with Gasteiger partial charge in [-0.15, -0.1) is 0 Å². The van der Waals surface area contributed by atoms with Crippen LogP contribution >= 0.6 is 0 Å². The molecule has 0 radical (unpaired) electrons. The molecule has 30 heavy (non-hydrogen) atoms. The Balaban J connectivity index is 1.77. The second-order valence-electron chi connectivity index (χ2n) is 6.33. The molecule has 4 rings (SSSR count). The highest BCUT2D eigenvalue weighted by Crippen LogP contribution is 2.16. The monoisotopic (exact) mass is 399 g/mol. The van der Waals surface area contributed by atoms with E-state index in [2.05, 4.69) is 5.32 Å². The SMILES string of the molecule is O=C(Nc1cc(=O)n(-c2ccccc2)n1C(=O)Oc1ccccc1)c1ccccc1. The third-order valence-corrected chi connectivity index (χ3v) is 4.30. The van der Waals surface area contributed by atoms with Crippen molar-refractivity contribution in [1.29, 1.82) is 0 Å². The Kier molecular flexibility index (Phi) is 5.25. The number of benzene rings is 3. The predicted octanol–water partition coefficient (Wildman–Crippen LogP) is 3.94. The Morgan fingerprint density at radius 1 is 0.767 bits per heavy atom. The van der Waals surface area contributed by atoms with Crippen LogP contribution < -0.4 is 15.6 Å². The zero-order chi connectivity index (χ0) is 20.9. The maximum Gasteiger partial charge on any atom is 0.440 e. The summed E-state index contributed by atoms with van der Waals surface area (Å²) < 4.78 is 7.57. The molecule has 7 heteroatoms. The number of carbonyl (C=O) groups excluding carboxylic acids is 2. The van der Waals surface area contributed by atoms with Gasteiger partial charge >= 0.3 is 6.09 Å². The molecule has 7 nitrogen and oxygen atoms in total. The average Bonchev–Trinajstić information content (AvgIpc) is 3.11. The van der Waals surface area contributed by atoms with Crippen LogP contribution in [0, 0.1) is 0 Å². The van der Waals surface area contributed by atoms with Gasteiger partial charge in [-0.2, -0.15) is 4.68 Å². The maximum absolute atomic E-state index is 13.0. The Morgan fingerprint density at radius 3 is 1.97 bits per heavy atom. The lowest BCUT2D eigenvalue weighted by atomic mass is 10.2. The smallest absolute Gasteiger partial charge is 0.409 e. The molecule has 4 aromatic rings. The number of carbonyl (C=O) groups is 2. The molecular formula is C23H17N3O4. The van der Waals surface area contributed by atoms with Gasteiger partial charge in [0, 0.05) is 11.6 Å². The minimum Gasteiger partial charge on any atom is -0.409 e. The molecule has 0 aliphatic rings. The van der Waals surface area contributed by atoms with E-state index < -0.39 is 17.6 Å². The van der Waals surface area contributed by atoms with Crippen molar-refractivity contribution in [1.82, 2.24) is 9.36 Å². The van der Waals surface area contributed by atoms with Gasteiger partial charge in [-0.3, -0.25) is 9.59 Å². The van der Waals surface area contributed by atoms with E-state index in [1.54, 1.807) is 91.0 Å². The van der Waals surface area contributed by atoms with Crippen molar-refractivity contribution in [2.75, 3.05) is 5.32 Å². The number of aromatic nitrogens is 2. The van der Waals surface area contributed by atoms with E-state index in [-0.39, 0.29) is 5.82 Å². The standard InChI is InChI=1S/C23H17N3O4/c27-21-16-20(24-22(28)17-10-4-1-5-11-17)26(25(21)18-12-6-2-7-13-18)23(29)30-19-14-8-3-9-15-19/h1-16H,(H,24,28). The van der Waals surface area contributed by atoms with Gasteiger partial charge in [0.05, 0.1) is 5.69 Å². The van der Waals surface area contributed by atoms with Crippen LogP contribution in [0.1, 0.15) is 10.4 Å². The first kappa shape index (κ1) is 18.9. The maximum atomic E-state index is 13.0. The first-order chi connectivity index (χ1) is 14.6. The first-order valence-corrected chi connectivity index (χ1v) is 9.17. The molecule has 0 saturated carbocycles. The van der Waals surface area contributed by atoms with Crippen molar-refractivity contribution >= 4 is 17.8 Å². The average molecular weight is 399 g/mol. The Hall–Kier alpha value is -4.39. The molecule has 0 bridgehead atoms. The van der Waals surface area contributed by atoms with Gasteiger partial charge in [-0.1, -0.05) is 54.6 Å². The topological polar surface area (TPSA) is 82.3 Å². The van der Waals surface area contributed by atoms with Crippen LogP contribution in [-0.2, 0) is 0 Å². The summed E-state index contributed by atoms with van der Waals surface area (Å²) in [5, 5.41) is 2.63. The second kappa shape index (κ2) is 8.32. The normalized spacial score (nSPS) is 10.4. The molecule has 1 amide bonds. The highest BCUT2D eigenvalue weighted by molar-refractivity contribution is 6.04. The van der Waals surface area contributed by atoms with Gasteiger partial charge in [0.2, 0.25) is 0 Å². The van der Waals surface area contributed by atoms with E-state index in [0.717, 1.165) is 9.36 Å². The molecule has 0 aliphatic carbocycles. The Bertz CT molecular complexity index is 1230. The molecule has 1 heterocycles. The lowest BCUT2D eigenvalue weighted by molar-refractivity contribution is 0.102. The van der Waals surface area contributed by atoms with Crippen molar-refractivity contribution in [2.45, 2.75) is 0 Å². The summed E-state index contributed by atoms with van der Waals surface area (Å²) in [7, 11) is 0. The Labute approximate surface area is 171 Å². The van der Waals surface area contributed by atoms with Crippen molar-refractivity contribution in [3.05, 3.63) is 113 Å². The van der Waals surface area contributed by atoms with E-state index >= 15 is 0 Å². The quantitative estimate of drug-likeness (QED) is 0.564. The van der Waals surface area contributed by atoms with E-state index in [9.17, 15) is 14.4 Å². The number of nitrogens with one attached hydrogen (secondary N) is 1. The van der Waals surface area contributed by atoms with Crippen LogP contribution in [-0.4, -0.2) is 21.4 Å². The van der Waals surface area contributed by atoms with E-state index in [0.29, 0.717) is 17.0 Å². The lowest BCUT2D eigenvalue weighted by Gasteiger charge is -2.14. The molecule has 0 unspecified atom stereocenters. The number of rotatable bonds is 4. The first-order valence-electron chi connectivity index (χ1n) is 9.17.